The average Bonchev–Trinajstić information content (AvgIpc) is 1.41. The molecule has 0 aromatic heterocycles. The molecule has 0 amide bonds. The first-order valence-electron chi connectivity index (χ1n) is 1.58. The molecule has 0 unspecified atom stereocenters. The monoisotopic (exact) mass is 63.1 g/mol. The van der Waals surface area contributed by atoms with Crippen molar-refractivity contribution in [2.75, 3.05) is 0 Å². The minimum absolute atomic E-state index is 1.50. The summed E-state index contributed by atoms with van der Waals surface area (Å²) >= 11 is 0. The van der Waals surface area contributed by atoms with E-state index < -0.39 is 0 Å². The van der Waals surface area contributed by atoms with Crippen molar-refractivity contribution in [3.8, 4) is 0 Å². The highest BCUT2D eigenvalue weighted by molar-refractivity contribution is 6.42. The minimum Gasteiger partial charge on any atom is -0.145 e. The first-order chi connectivity index (χ1) is 2.41. The summed E-state index contributed by atoms with van der Waals surface area (Å²) < 4.78 is 0. The van der Waals surface area contributed by atoms with E-state index in [0.717, 1.165) is 0 Å². The molecule has 0 aromatic carbocycles. The second-order valence-corrected chi connectivity index (χ2v) is 0.718. The van der Waals surface area contributed by atoms with Crippen molar-refractivity contribution in [3.63, 3.8) is 0 Å². The van der Waals surface area contributed by atoms with Crippen LogP contribution in [-0.2, 0) is 0 Å². The summed E-state index contributed by atoms with van der Waals surface area (Å²) in [5.41, 5.74) is 0. The van der Waals surface area contributed by atoms with E-state index in [-0.39, 0.29) is 0 Å². The molecule has 0 rings (SSSR count). The second kappa shape index (κ2) is 3.87. The first kappa shape index (κ1) is 4.87. The van der Waals surface area contributed by atoms with Gasteiger partial charge in [-0.25, -0.2) is 0 Å². The zero-order chi connectivity index (χ0) is 4.12. The van der Waals surface area contributed by atoms with E-state index in [1.807, 2.05) is 14.1 Å². The molecular formula is C3H5B2. The minimum atomic E-state index is 1.50. The summed E-state index contributed by atoms with van der Waals surface area (Å²) in [4.78, 5) is 0. The first-order valence-corrected chi connectivity index (χ1v) is 1.58. The van der Waals surface area contributed by atoms with E-state index in [0.29, 0.717) is 0 Å². The van der Waals surface area contributed by atoms with Crippen LogP contribution in [0.25, 0.3) is 0 Å². The molecule has 23 valence electrons. The summed E-state index contributed by atoms with van der Waals surface area (Å²) in [5.74, 6) is 3.28. The molecule has 0 bridgehead atoms. The molecule has 0 aromatic rings. The largest absolute Gasteiger partial charge is 0.145 e. The van der Waals surface area contributed by atoms with Gasteiger partial charge in [-0.15, -0.1) is 12.0 Å². The third kappa shape index (κ3) is 3.87. The van der Waals surface area contributed by atoms with Crippen LogP contribution in [0.4, 0.5) is 0 Å². The Morgan fingerprint density at radius 1 is 1.80 bits per heavy atom. The molecule has 0 saturated carbocycles. The maximum absolute atomic E-state index is 4.93. The van der Waals surface area contributed by atoms with Crippen molar-refractivity contribution in [3.05, 3.63) is 12.0 Å². The zero-order valence-electron chi connectivity index (χ0n) is 3.31. The molecule has 0 heterocycles. The molecule has 5 heavy (non-hydrogen) atoms. The van der Waals surface area contributed by atoms with Gasteiger partial charge in [0.05, 0.1) is 0 Å². The fraction of sp³-hybridized carbons (Fsp3) is 0.333. The maximum atomic E-state index is 4.93. The van der Waals surface area contributed by atoms with Gasteiger partial charge in [-0.2, -0.15) is 0 Å². The van der Waals surface area contributed by atoms with Crippen molar-refractivity contribution < 1.29 is 0 Å². The van der Waals surface area contributed by atoms with E-state index in [1.54, 1.807) is 5.98 Å². The van der Waals surface area contributed by atoms with Crippen LogP contribution in [0.2, 0.25) is 6.82 Å². The third-order valence-corrected chi connectivity index (χ3v) is 0.304. The lowest BCUT2D eigenvalue weighted by Gasteiger charge is -1.61. The lowest BCUT2D eigenvalue weighted by Crippen LogP contribution is -1.66. The van der Waals surface area contributed by atoms with Gasteiger partial charge in [-0.1, -0.05) is 6.82 Å². The number of rotatable bonds is 1. The molecule has 0 nitrogen and oxygen atoms in total. The predicted molar refractivity (Wildman–Crippen MR) is 26.5 cm³/mol. The van der Waals surface area contributed by atoms with Gasteiger partial charge in [0.15, 0.2) is 0 Å². The molecule has 0 fully saturated rings. The van der Waals surface area contributed by atoms with Gasteiger partial charge in [0.25, 0.3) is 0 Å². The van der Waals surface area contributed by atoms with Crippen LogP contribution in [-0.4, -0.2) is 15.1 Å². The Labute approximate surface area is 34.9 Å². The molecule has 0 N–H and O–H groups in total. The summed E-state index contributed by atoms with van der Waals surface area (Å²) in [5, 5.41) is 0. The Balaban J connectivity index is 2.62. The molecule has 0 aliphatic heterocycles. The third-order valence-electron chi connectivity index (χ3n) is 0.304. The SMILES string of the molecule is [B]/C=C/[B]C. The van der Waals surface area contributed by atoms with Crippen LogP contribution in [0.5, 0.6) is 0 Å². The van der Waals surface area contributed by atoms with Crippen LogP contribution in [0, 0.1) is 0 Å². The van der Waals surface area contributed by atoms with E-state index in [2.05, 4.69) is 0 Å². The lowest BCUT2D eigenvalue weighted by atomic mass is 9.80. The molecule has 2 heteroatoms. The zero-order valence-corrected chi connectivity index (χ0v) is 3.31. The lowest BCUT2D eigenvalue weighted by molar-refractivity contribution is 2.24. The van der Waals surface area contributed by atoms with Gasteiger partial charge < -0.3 is 0 Å². The van der Waals surface area contributed by atoms with E-state index >= 15 is 0 Å². The van der Waals surface area contributed by atoms with Gasteiger partial charge in [0.2, 0.25) is 0 Å². The molecule has 0 saturated heterocycles. The fourth-order valence-electron chi connectivity index (χ4n) is 0.111. The predicted octanol–water partition coefficient (Wildman–Crippen LogP) is 0.378. The molecular weight excluding hydrogens is 57.7 g/mol. The molecule has 0 aliphatic rings. The van der Waals surface area contributed by atoms with E-state index in [1.165, 1.54) is 5.98 Å². The Bertz CT molecular complexity index is 31.9. The maximum Gasteiger partial charge on any atom is 0.136 e. The molecule has 0 aliphatic carbocycles. The summed E-state index contributed by atoms with van der Waals surface area (Å²) in [6.45, 7) is 1.92. The Hall–Kier alpha value is -0.130. The van der Waals surface area contributed by atoms with Gasteiger partial charge in [0.1, 0.15) is 15.1 Å². The molecule has 3 radical (unpaired) electrons. The molecule has 0 atom stereocenters. The Kier molecular flexibility index (Phi) is 3.77. The van der Waals surface area contributed by atoms with Crippen molar-refractivity contribution in [2.45, 2.75) is 6.82 Å². The van der Waals surface area contributed by atoms with Crippen molar-refractivity contribution in [2.24, 2.45) is 0 Å². The Morgan fingerprint density at radius 3 is 2.40 bits per heavy atom. The second-order valence-electron chi connectivity index (χ2n) is 0.718. The van der Waals surface area contributed by atoms with Gasteiger partial charge in [0, 0.05) is 0 Å². The van der Waals surface area contributed by atoms with Crippen LogP contribution < -0.4 is 0 Å². The van der Waals surface area contributed by atoms with E-state index in [4.69, 9.17) is 7.85 Å². The van der Waals surface area contributed by atoms with Gasteiger partial charge in [-0.05, 0) is 0 Å². The fourth-order valence-corrected chi connectivity index (χ4v) is 0.111. The average molecular weight is 62.7 g/mol. The Morgan fingerprint density at radius 2 is 2.40 bits per heavy atom. The smallest absolute Gasteiger partial charge is 0.136 e. The van der Waals surface area contributed by atoms with Crippen LogP contribution in [0.3, 0.4) is 0 Å². The van der Waals surface area contributed by atoms with Gasteiger partial charge >= 0.3 is 0 Å². The van der Waals surface area contributed by atoms with Crippen molar-refractivity contribution in [1.29, 1.82) is 0 Å². The summed E-state index contributed by atoms with van der Waals surface area (Å²) in [7, 11) is 6.80. The van der Waals surface area contributed by atoms with E-state index in [9.17, 15) is 0 Å². The van der Waals surface area contributed by atoms with Crippen molar-refractivity contribution >= 4 is 15.1 Å². The quantitative estimate of drug-likeness (QED) is 0.386. The number of hydrogen-bond donors (Lipinski definition) is 0. The topological polar surface area (TPSA) is 0 Å². The highest BCUT2D eigenvalue weighted by Gasteiger charge is 1.57. The highest BCUT2D eigenvalue weighted by atomic mass is 13.2. The normalized spacial score (nSPS) is 9.00. The molecule has 0 spiro atoms. The highest BCUT2D eigenvalue weighted by Crippen LogP contribution is 1.56. The van der Waals surface area contributed by atoms with Crippen LogP contribution >= 0.6 is 0 Å². The summed E-state index contributed by atoms with van der Waals surface area (Å²) in [6.07, 6.45) is 0. The van der Waals surface area contributed by atoms with Crippen LogP contribution in [0.15, 0.2) is 12.0 Å². The standard InChI is InChI=1S/C3H5B2/c1-5-3-2-4/h2-3H,1H3/b3-2+. The van der Waals surface area contributed by atoms with Gasteiger partial charge in [-0.3, -0.25) is 0 Å². The summed E-state index contributed by atoms with van der Waals surface area (Å²) in [6, 6.07) is 0. The number of hydrogen-bond acceptors (Lipinski definition) is 0. The van der Waals surface area contributed by atoms with Crippen LogP contribution in [0.1, 0.15) is 0 Å². The van der Waals surface area contributed by atoms with Crippen molar-refractivity contribution in [1.82, 2.24) is 0 Å².